The van der Waals surface area contributed by atoms with E-state index in [-0.39, 0.29) is 0 Å². The van der Waals surface area contributed by atoms with Gasteiger partial charge in [-0.2, -0.15) is 0 Å². The Morgan fingerprint density at radius 3 is 2.83 bits per heavy atom. The van der Waals surface area contributed by atoms with Crippen molar-refractivity contribution in [2.45, 2.75) is 6.92 Å². The fraction of sp³-hybridized carbons (Fsp3) is 0.250. The van der Waals surface area contributed by atoms with E-state index in [9.17, 15) is 0 Å². The average molecular weight is 99.1 g/mol. The number of hydrogen-bond donors (Lipinski definition) is 0. The molecule has 0 saturated carbocycles. The largest absolute Gasteiger partial charge is 0.257 e. The van der Waals surface area contributed by atoms with Crippen molar-refractivity contribution in [1.82, 2.24) is 4.98 Å². The van der Waals surface area contributed by atoms with Gasteiger partial charge in [0, 0.05) is 6.20 Å². The van der Waals surface area contributed by atoms with Crippen molar-refractivity contribution in [3.05, 3.63) is 17.4 Å². The lowest BCUT2D eigenvalue weighted by atomic mass is 10.8. The van der Waals surface area contributed by atoms with Crippen molar-refractivity contribution in [3.8, 4) is 0 Å². The Morgan fingerprint density at radius 2 is 2.67 bits per heavy atom. The van der Waals surface area contributed by atoms with Gasteiger partial charge in [0.15, 0.2) is 0 Å². The summed E-state index contributed by atoms with van der Waals surface area (Å²) >= 11 is 0. The number of rotatable bonds is 0. The minimum atomic E-state index is 0.852. The molecule has 0 aliphatic rings. The summed E-state index contributed by atoms with van der Waals surface area (Å²) in [4.78, 5) is 3.98. The summed E-state index contributed by atoms with van der Waals surface area (Å²) in [6.45, 7) is 2.04. The normalized spacial score (nSPS) is 10.2. The van der Waals surface area contributed by atoms with E-state index in [1.807, 2.05) is 13.1 Å². The smallest absolute Gasteiger partial charge is 0.0531 e. The molecule has 32 valence electrons. The minimum Gasteiger partial charge on any atom is -0.257 e. The Hall–Kier alpha value is -0.290. The second-order valence-electron chi connectivity index (χ2n) is 1.17. The van der Waals surface area contributed by atoms with Crippen LogP contribution in [0.2, 0.25) is 0 Å². The fourth-order valence-electron chi connectivity index (χ4n) is 0.344. The molecule has 0 aliphatic heterocycles. The molecule has 0 fully saturated rings. The molecule has 1 aromatic rings. The van der Waals surface area contributed by atoms with E-state index in [0.29, 0.717) is 0 Å². The van der Waals surface area contributed by atoms with E-state index in [0.717, 1.165) is 8.19 Å². The van der Waals surface area contributed by atoms with Crippen molar-refractivity contribution in [1.29, 1.82) is 0 Å². The van der Waals surface area contributed by atoms with Gasteiger partial charge in [-0.3, -0.25) is 4.98 Å². The molecule has 2 heteroatoms. The summed E-state index contributed by atoms with van der Waals surface area (Å²) in [5.41, 5.74) is 1.25. The number of nitrogens with zero attached hydrogens (tertiary/aromatic N) is 1. The maximum atomic E-state index is 3.98. The summed E-state index contributed by atoms with van der Waals surface area (Å²) < 4.78 is 0. The van der Waals surface area contributed by atoms with Crippen LogP contribution in [0.25, 0.3) is 0 Å². The molecule has 1 nitrogen and oxygen atoms in total. The number of aromatic nitrogens is 1. The molecule has 6 heavy (non-hydrogen) atoms. The lowest BCUT2D eigenvalue weighted by Gasteiger charge is -1.66. The average Bonchev–Trinajstić information content (AvgIpc) is 1.86. The lowest BCUT2D eigenvalue weighted by molar-refractivity contribution is 1.30. The molecule has 0 spiro atoms. The molecular formula is C4H6NP. The first-order valence-corrected chi connectivity index (χ1v) is 2.93. The highest BCUT2D eigenvalue weighted by atomic mass is 31.0. The zero-order chi connectivity index (χ0) is 4.41. The van der Waals surface area contributed by atoms with Crippen LogP contribution in [-0.4, -0.2) is 4.98 Å². The van der Waals surface area contributed by atoms with E-state index < -0.39 is 0 Å². The van der Waals surface area contributed by atoms with Gasteiger partial charge in [-0.05, 0) is 12.7 Å². The van der Waals surface area contributed by atoms with Crippen molar-refractivity contribution in [3.63, 3.8) is 0 Å². The summed E-state index contributed by atoms with van der Waals surface area (Å²) in [6.07, 6.45) is 1.85. The third-order valence-electron chi connectivity index (χ3n) is 0.635. The first kappa shape index (κ1) is 3.89. The summed E-state index contributed by atoms with van der Waals surface area (Å²) in [7, 11) is 0.852. The molecule has 0 aliphatic carbocycles. The standard InChI is InChI=1S/C4H6NP/c1-4-5-2-3-6-4/h2-3,6H,1H3. The molecule has 1 atom stereocenters. The van der Waals surface area contributed by atoms with Crippen molar-refractivity contribution >= 4 is 8.19 Å². The Morgan fingerprint density at radius 1 is 1.83 bits per heavy atom. The van der Waals surface area contributed by atoms with Gasteiger partial charge >= 0.3 is 0 Å². The highest BCUT2D eigenvalue weighted by molar-refractivity contribution is 7.29. The maximum Gasteiger partial charge on any atom is 0.0531 e. The predicted octanol–water partition coefficient (Wildman–Crippen LogP) is 1.42. The molecule has 0 amide bonds. The van der Waals surface area contributed by atoms with Crippen LogP contribution in [0, 0.1) is 6.92 Å². The van der Waals surface area contributed by atoms with Crippen LogP contribution >= 0.6 is 8.19 Å². The van der Waals surface area contributed by atoms with Gasteiger partial charge in [-0.1, -0.05) is 0 Å². The molecule has 1 aromatic heterocycles. The second kappa shape index (κ2) is 1.44. The van der Waals surface area contributed by atoms with E-state index in [1.54, 1.807) is 0 Å². The number of hydrogen-bond acceptors (Lipinski definition) is 1. The van der Waals surface area contributed by atoms with Crippen LogP contribution < -0.4 is 0 Å². The van der Waals surface area contributed by atoms with Crippen LogP contribution in [0.4, 0.5) is 0 Å². The highest BCUT2D eigenvalue weighted by Crippen LogP contribution is 2.06. The van der Waals surface area contributed by atoms with Crippen molar-refractivity contribution in [2.24, 2.45) is 0 Å². The van der Waals surface area contributed by atoms with Gasteiger partial charge in [-0.15, -0.1) is 8.19 Å². The molecule has 0 N–H and O–H groups in total. The molecule has 1 heterocycles. The Bertz CT molecular complexity index is 111. The molecule has 0 aromatic carbocycles. The van der Waals surface area contributed by atoms with Crippen molar-refractivity contribution < 1.29 is 0 Å². The monoisotopic (exact) mass is 99.0 g/mol. The maximum absolute atomic E-state index is 3.98. The third kappa shape index (κ3) is 0.605. The Labute approximate surface area is 38.5 Å². The topological polar surface area (TPSA) is 12.9 Å². The van der Waals surface area contributed by atoms with E-state index in [1.165, 1.54) is 5.43 Å². The highest BCUT2D eigenvalue weighted by Gasteiger charge is 1.74. The van der Waals surface area contributed by atoms with Crippen LogP contribution in [0.5, 0.6) is 0 Å². The van der Waals surface area contributed by atoms with E-state index >= 15 is 0 Å². The molecule has 0 radical (unpaired) electrons. The fourth-order valence-corrected chi connectivity index (χ4v) is 0.884. The van der Waals surface area contributed by atoms with Gasteiger partial charge in [0.1, 0.15) is 0 Å². The quantitative estimate of drug-likeness (QED) is 0.479. The first-order chi connectivity index (χ1) is 2.89. The molecular weight excluding hydrogens is 93.0 g/mol. The summed E-state index contributed by atoms with van der Waals surface area (Å²) in [6, 6.07) is 0. The van der Waals surface area contributed by atoms with Gasteiger partial charge < -0.3 is 0 Å². The molecule has 0 saturated heterocycles. The first-order valence-electron chi connectivity index (χ1n) is 1.85. The summed E-state index contributed by atoms with van der Waals surface area (Å²) in [5, 5.41) is 0. The number of aryl methyl sites for hydroxylation is 1. The Balaban J connectivity index is 3.05. The predicted molar refractivity (Wildman–Crippen MR) is 28.5 cm³/mol. The summed E-state index contributed by atoms with van der Waals surface area (Å²) in [5.74, 6) is 2.08. The molecule has 1 rings (SSSR count). The SMILES string of the molecule is Cc1ncc[pH]1. The zero-order valence-corrected chi connectivity index (χ0v) is 4.60. The van der Waals surface area contributed by atoms with Crippen LogP contribution in [-0.2, 0) is 0 Å². The molecule has 0 bridgehead atoms. The van der Waals surface area contributed by atoms with Crippen LogP contribution in [0.1, 0.15) is 5.43 Å². The van der Waals surface area contributed by atoms with E-state index in [2.05, 4.69) is 10.8 Å². The Kier molecular flexibility index (Phi) is 0.932. The van der Waals surface area contributed by atoms with Gasteiger partial charge in [0.05, 0.1) is 5.43 Å². The third-order valence-corrected chi connectivity index (χ3v) is 1.50. The van der Waals surface area contributed by atoms with Crippen LogP contribution in [0.3, 0.4) is 0 Å². The van der Waals surface area contributed by atoms with E-state index in [4.69, 9.17) is 0 Å². The minimum absolute atomic E-state index is 0.852. The van der Waals surface area contributed by atoms with Gasteiger partial charge in [0.25, 0.3) is 0 Å². The van der Waals surface area contributed by atoms with Crippen LogP contribution in [0.15, 0.2) is 12.0 Å². The molecule has 1 unspecified atom stereocenters. The zero-order valence-electron chi connectivity index (χ0n) is 3.60. The van der Waals surface area contributed by atoms with Gasteiger partial charge in [-0.25, -0.2) is 0 Å². The second-order valence-corrected chi connectivity index (χ2v) is 2.52. The lowest BCUT2D eigenvalue weighted by Crippen LogP contribution is -1.55. The van der Waals surface area contributed by atoms with Gasteiger partial charge in [0.2, 0.25) is 0 Å². The van der Waals surface area contributed by atoms with Crippen molar-refractivity contribution in [2.75, 3.05) is 0 Å².